The van der Waals surface area contributed by atoms with Gasteiger partial charge in [-0.3, -0.25) is 5.73 Å². The van der Waals surface area contributed by atoms with Crippen molar-refractivity contribution >= 4 is 5.97 Å². The predicted octanol–water partition coefficient (Wildman–Crippen LogP) is 0.839. The third kappa shape index (κ3) is 3.43. The fraction of sp³-hybridized carbons (Fsp3) is 0.700. The van der Waals surface area contributed by atoms with Gasteiger partial charge < -0.3 is 4.74 Å². The second-order valence-electron chi connectivity index (χ2n) is 4.64. The maximum atomic E-state index is 12.1. The molecule has 2 rings (SSSR count). The Balaban J connectivity index is 1.91. The number of nitrogens with two attached hydrogens (primary N) is 1. The lowest BCUT2D eigenvalue weighted by molar-refractivity contribution is -0.213. The van der Waals surface area contributed by atoms with Crippen molar-refractivity contribution in [3.8, 4) is 0 Å². The van der Waals surface area contributed by atoms with Gasteiger partial charge in [-0.15, -0.1) is 0 Å². The molecule has 1 aliphatic rings. The lowest BCUT2D eigenvalue weighted by atomic mass is 10.1. The first-order valence-electron chi connectivity index (χ1n) is 5.72. The van der Waals surface area contributed by atoms with Crippen LogP contribution in [0.25, 0.3) is 0 Å². The van der Waals surface area contributed by atoms with Gasteiger partial charge in [0.05, 0.1) is 18.9 Å². The summed E-state index contributed by atoms with van der Waals surface area (Å²) in [6, 6.07) is 0. The van der Waals surface area contributed by atoms with E-state index in [1.54, 1.807) is 0 Å². The summed E-state index contributed by atoms with van der Waals surface area (Å²) >= 11 is 0. The van der Waals surface area contributed by atoms with Crippen molar-refractivity contribution in [1.29, 1.82) is 0 Å². The Labute approximate surface area is 106 Å². The van der Waals surface area contributed by atoms with Crippen molar-refractivity contribution in [1.82, 2.24) is 15.0 Å². The molecule has 6 nitrogen and oxygen atoms in total. The first-order valence-corrected chi connectivity index (χ1v) is 5.72. The summed E-state index contributed by atoms with van der Waals surface area (Å²) in [4.78, 5) is 12.2. The minimum absolute atomic E-state index is 0.0153. The molecule has 2 N–H and O–H groups in total. The number of hydrogen-bond acceptors (Lipinski definition) is 5. The number of rotatable bonds is 3. The normalized spacial score (nSPS) is 27.5. The van der Waals surface area contributed by atoms with Crippen LogP contribution in [0, 0.1) is 5.92 Å². The maximum absolute atomic E-state index is 12.1. The monoisotopic (exact) mass is 278 g/mol. The van der Waals surface area contributed by atoms with Gasteiger partial charge in [0, 0.05) is 12.8 Å². The van der Waals surface area contributed by atoms with E-state index >= 15 is 0 Å². The average Bonchev–Trinajstić information content (AvgIpc) is 2.88. The molecule has 9 heteroatoms. The van der Waals surface area contributed by atoms with Crippen LogP contribution in [0.3, 0.4) is 0 Å². The molecule has 1 heterocycles. The van der Waals surface area contributed by atoms with Crippen LogP contribution in [0.1, 0.15) is 19.3 Å². The van der Waals surface area contributed by atoms with E-state index in [2.05, 4.69) is 14.9 Å². The first-order chi connectivity index (χ1) is 8.78. The van der Waals surface area contributed by atoms with E-state index in [-0.39, 0.29) is 18.8 Å². The number of alkyl halides is 3. The molecule has 0 bridgehead atoms. The van der Waals surface area contributed by atoms with Gasteiger partial charge in [0.25, 0.3) is 0 Å². The van der Waals surface area contributed by atoms with Crippen molar-refractivity contribution in [2.24, 2.45) is 11.7 Å². The minimum Gasteiger partial charge on any atom is -0.437 e. The van der Waals surface area contributed by atoms with Crippen LogP contribution in [0.2, 0.25) is 0 Å². The highest BCUT2D eigenvalue weighted by Crippen LogP contribution is 2.35. The molecule has 2 atom stereocenters. The molecule has 1 aromatic heterocycles. The molecule has 1 saturated carbocycles. The lowest BCUT2D eigenvalue weighted by Gasteiger charge is -2.25. The van der Waals surface area contributed by atoms with Crippen LogP contribution >= 0.6 is 0 Å². The number of esters is 1. The van der Waals surface area contributed by atoms with E-state index in [4.69, 9.17) is 5.73 Å². The molecular weight excluding hydrogens is 265 g/mol. The summed E-state index contributed by atoms with van der Waals surface area (Å²) in [7, 11) is 0. The smallest absolute Gasteiger partial charge is 0.437 e. The number of ether oxygens (including phenoxy) is 1. The summed E-state index contributed by atoms with van der Waals surface area (Å²) in [5.41, 5.74) is 4.13. The van der Waals surface area contributed by atoms with Gasteiger partial charge in [0.1, 0.15) is 0 Å². The molecule has 1 fully saturated rings. The molecule has 19 heavy (non-hydrogen) atoms. The number of carbonyl (C=O) groups is 1. The Bertz CT molecular complexity index is 448. The topological polar surface area (TPSA) is 83.0 Å². The molecule has 0 saturated heterocycles. The van der Waals surface area contributed by atoms with E-state index in [0.717, 1.165) is 0 Å². The van der Waals surface area contributed by atoms with Gasteiger partial charge >= 0.3 is 12.1 Å². The zero-order chi connectivity index (χ0) is 14.1. The van der Waals surface area contributed by atoms with Gasteiger partial charge in [-0.05, 0) is 12.3 Å². The number of aromatic nitrogens is 3. The highest BCUT2D eigenvalue weighted by molar-refractivity contribution is 5.76. The lowest BCUT2D eigenvalue weighted by Crippen LogP contribution is -2.45. The maximum Gasteiger partial charge on any atom is 0.490 e. The molecule has 0 unspecified atom stereocenters. The summed E-state index contributed by atoms with van der Waals surface area (Å²) < 4.78 is 40.7. The van der Waals surface area contributed by atoms with E-state index in [0.29, 0.717) is 13.0 Å². The molecule has 0 spiro atoms. The van der Waals surface area contributed by atoms with Crippen molar-refractivity contribution in [2.45, 2.75) is 37.7 Å². The molecule has 0 aromatic carbocycles. The Morgan fingerprint density at radius 1 is 1.47 bits per heavy atom. The average molecular weight is 278 g/mol. The molecule has 1 aliphatic carbocycles. The van der Waals surface area contributed by atoms with Crippen LogP contribution < -0.4 is 5.73 Å². The summed E-state index contributed by atoms with van der Waals surface area (Å²) in [6.07, 6.45) is -1.09. The fourth-order valence-corrected chi connectivity index (χ4v) is 2.20. The van der Waals surface area contributed by atoms with Gasteiger partial charge in [-0.2, -0.15) is 28.2 Å². The Morgan fingerprint density at radius 2 is 2.11 bits per heavy atom. The van der Waals surface area contributed by atoms with E-state index in [1.165, 1.54) is 17.2 Å². The number of halogens is 3. The van der Waals surface area contributed by atoms with Crippen molar-refractivity contribution < 1.29 is 22.7 Å². The summed E-state index contributed by atoms with van der Waals surface area (Å²) in [5.74, 6) is -2.26. The SMILES string of the molecule is N[C@]1(OC(=O)C(F)(F)F)CC[C@@H](Cn2nccn2)C1. The first kappa shape index (κ1) is 13.8. The number of hydrogen-bond donors (Lipinski definition) is 1. The predicted molar refractivity (Wildman–Crippen MR) is 56.4 cm³/mol. The van der Waals surface area contributed by atoms with E-state index < -0.39 is 17.9 Å². The highest BCUT2D eigenvalue weighted by atomic mass is 19.4. The van der Waals surface area contributed by atoms with Gasteiger partial charge in [-0.25, -0.2) is 4.79 Å². The Hall–Kier alpha value is -1.64. The van der Waals surface area contributed by atoms with Crippen molar-refractivity contribution in [3.63, 3.8) is 0 Å². The molecule has 0 aliphatic heterocycles. The third-order valence-corrected chi connectivity index (χ3v) is 3.03. The number of nitrogens with zero attached hydrogens (tertiary/aromatic N) is 3. The van der Waals surface area contributed by atoms with Crippen molar-refractivity contribution in [3.05, 3.63) is 12.4 Å². The Kier molecular flexibility index (Phi) is 3.48. The van der Waals surface area contributed by atoms with Crippen LogP contribution in [-0.2, 0) is 16.1 Å². The van der Waals surface area contributed by atoms with Crippen LogP contribution in [-0.4, -0.2) is 32.9 Å². The molecule has 0 amide bonds. The van der Waals surface area contributed by atoms with Gasteiger partial charge in [0.15, 0.2) is 5.72 Å². The second kappa shape index (κ2) is 4.80. The fourth-order valence-electron chi connectivity index (χ4n) is 2.20. The molecular formula is C10H13F3N4O2. The molecule has 0 radical (unpaired) electrons. The quantitative estimate of drug-likeness (QED) is 0.654. The van der Waals surface area contributed by atoms with Crippen LogP contribution in [0.5, 0.6) is 0 Å². The zero-order valence-electron chi connectivity index (χ0n) is 9.93. The Morgan fingerprint density at radius 3 is 2.68 bits per heavy atom. The van der Waals surface area contributed by atoms with Gasteiger partial charge in [0.2, 0.25) is 0 Å². The van der Waals surface area contributed by atoms with E-state index in [9.17, 15) is 18.0 Å². The standard InChI is InChI=1S/C10H13F3N4O2/c11-10(12,13)8(18)19-9(14)2-1-7(5-9)6-17-15-3-4-16-17/h3-4,7H,1-2,5-6,14H2/t7-,9+/m1/s1. The minimum atomic E-state index is -5.02. The highest BCUT2D eigenvalue weighted by Gasteiger charge is 2.47. The largest absolute Gasteiger partial charge is 0.490 e. The van der Waals surface area contributed by atoms with Crippen LogP contribution in [0.4, 0.5) is 13.2 Å². The van der Waals surface area contributed by atoms with Crippen LogP contribution in [0.15, 0.2) is 12.4 Å². The molecule has 106 valence electrons. The third-order valence-electron chi connectivity index (χ3n) is 3.03. The van der Waals surface area contributed by atoms with Crippen molar-refractivity contribution in [2.75, 3.05) is 0 Å². The number of carbonyl (C=O) groups excluding carboxylic acids is 1. The zero-order valence-corrected chi connectivity index (χ0v) is 9.93. The van der Waals surface area contributed by atoms with Gasteiger partial charge in [-0.1, -0.05) is 0 Å². The summed E-state index contributed by atoms with van der Waals surface area (Å²) in [6.45, 7) is 0.440. The molecule has 1 aromatic rings. The second-order valence-corrected chi connectivity index (χ2v) is 4.64. The van der Waals surface area contributed by atoms with E-state index in [1.807, 2.05) is 0 Å². The summed E-state index contributed by atoms with van der Waals surface area (Å²) in [5, 5.41) is 7.81.